The molecule has 1 atom stereocenters. The second kappa shape index (κ2) is 9.95. The Morgan fingerprint density at radius 2 is 2.04 bits per heavy atom. The Morgan fingerprint density at radius 1 is 1.21 bits per heavy atom. The van der Waals surface area contributed by atoms with Crippen molar-refractivity contribution in [3.05, 3.63) is 30.1 Å². The van der Waals surface area contributed by atoms with Crippen molar-refractivity contribution in [3.63, 3.8) is 0 Å². The number of nitrogens with zero attached hydrogens (tertiary/aromatic N) is 3. The van der Waals surface area contributed by atoms with E-state index in [9.17, 15) is 14.7 Å². The molecule has 3 rings (SSSR count). The first kappa shape index (κ1) is 20.7. The van der Waals surface area contributed by atoms with Crippen LogP contribution in [-0.4, -0.2) is 89.8 Å². The van der Waals surface area contributed by atoms with E-state index in [0.717, 1.165) is 19.5 Å². The van der Waals surface area contributed by atoms with Crippen LogP contribution >= 0.6 is 0 Å². The van der Waals surface area contributed by atoms with Gasteiger partial charge in [0, 0.05) is 58.1 Å². The molecule has 1 unspecified atom stereocenters. The van der Waals surface area contributed by atoms with Crippen LogP contribution in [0, 0.1) is 0 Å². The molecule has 1 aromatic heterocycles. The highest BCUT2D eigenvalue weighted by atomic mass is 16.5. The second-order valence-electron chi connectivity index (χ2n) is 7.59. The minimum atomic E-state index is -0.749. The molecule has 0 aromatic carbocycles. The van der Waals surface area contributed by atoms with Gasteiger partial charge in [0.15, 0.2) is 0 Å². The number of morpholine rings is 1. The minimum absolute atomic E-state index is 0.0158. The van der Waals surface area contributed by atoms with Crippen LogP contribution in [0.4, 0.5) is 0 Å². The Balaban J connectivity index is 1.41. The number of rotatable bonds is 6. The Hall–Kier alpha value is -2.03. The summed E-state index contributed by atoms with van der Waals surface area (Å²) in [6, 6.07) is 3.39. The summed E-state index contributed by atoms with van der Waals surface area (Å²) in [5, 5.41) is 13.8. The van der Waals surface area contributed by atoms with Crippen molar-refractivity contribution >= 4 is 11.8 Å². The molecule has 2 N–H and O–H groups in total. The molecule has 0 bridgehead atoms. The van der Waals surface area contributed by atoms with Crippen molar-refractivity contribution in [1.29, 1.82) is 0 Å². The molecule has 0 aliphatic carbocycles. The number of β-amino-alcohol motifs (C(OH)–C–C–N with tert-alkyl or cyclic N) is 1. The summed E-state index contributed by atoms with van der Waals surface area (Å²) < 4.78 is 5.37. The average molecular weight is 390 g/mol. The molecule has 2 amide bonds. The Morgan fingerprint density at radius 3 is 2.79 bits per heavy atom. The van der Waals surface area contributed by atoms with E-state index in [2.05, 4.69) is 15.2 Å². The first-order valence-electron chi connectivity index (χ1n) is 10.0. The molecule has 0 saturated carbocycles. The van der Waals surface area contributed by atoms with Gasteiger partial charge in [-0.3, -0.25) is 19.5 Å². The maximum Gasteiger partial charge on any atom is 0.252 e. The average Bonchev–Trinajstić information content (AvgIpc) is 2.91. The molecule has 0 spiro atoms. The van der Waals surface area contributed by atoms with Gasteiger partial charge in [0.05, 0.1) is 24.4 Å². The Kier molecular flexibility index (Phi) is 7.36. The van der Waals surface area contributed by atoms with Crippen LogP contribution in [0.3, 0.4) is 0 Å². The van der Waals surface area contributed by atoms with Gasteiger partial charge in [-0.15, -0.1) is 0 Å². The van der Waals surface area contributed by atoms with Crippen molar-refractivity contribution in [2.75, 3.05) is 52.5 Å². The summed E-state index contributed by atoms with van der Waals surface area (Å²) in [4.78, 5) is 32.5. The number of hydrogen-bond donors (Lipinski definition) is 2. The van der Waals surface area contributed by atoms with E-state index in [0.29, 0.717) is 57.8 Å². The molecule has 154 valence electrons. The quantitative estimate of drug-likeness (QED) is 0.724. The zero-order chi connectivity index (χ0) is 19.8. The second-order valence-corrected chi connectivity index (χ2v) is 7.59. The van der Waals surface area contributed by atoms with Gasteiger partial charge in [-0.1, -0.05) is 0 Å². The van der Waals surface area contributed by atoms with Gasteiger partial charge in [-0.25, -0.2) is 0 Å². The van der Waals surface area contributed by atoms with Crippen molar-refractivity contribution in [2.45, 2.75) is 31.3 Å². The zero-order valence-electron chi connectivity index (χ0n) is 16.3. The number of ether oxygens (including phenoxy) is 1. The molecule has 2 aliphatic rings. The van der Waals surface area contributed by atoms with Crippen LogP contribution in [0.25, 0.3) is 0 Å². The third kappa shape index (κ3) is 5.98. The van der Waals surface area contributed by atoms with E-state index in [4.69, 9.17) is 4.74 Å². The minimum Gasteiger partial charge on any atom is -0.388 e. The van der Waals surface area contributed by atoms with Gasteiger partial charge in [0.25, 0.3) is 5.91 Å². The highest BCUT2D eigenvalue weighted by Crippen LogP contribution is 2.24. The largest absolute Gasteiger partial charge is 0.388 e. The maximum atomic E-state index is 12.5. The molecule has 3 heterocycles. The van der Waals surface area contributed by atoms with Crippen LogP contribution in [0.2, 0.25) is 0 Å². The number of aromatic nitrogens is 1. The highest BCUT2D eigenvalue weighted by molar-refractivity contribution is 5.94. The highest BCUT2D eigenvalue weighted by Gasteiger charge is 2.33. The van der Waals surface area contributed by atoms with E-state index in [1.807, 2.05) is 4.90 Å². The van der Waals surface area contributed by atoms with Gasteiger partial charge in [0.1, 0.15) is 0 Å². The normalized spacial score (nSPS) is 23.8. The summed E-state index contributed by atoms with van der Waals surface area (Å²) in [6.45, 7) is 5.26. The number of amides is 2. The molecule has 8 heteroatoms. The monoisotopic (exact) mass is 390 g/mol. The summed E-state index contributed by atoms with van der Waals surface area (Å²) >= 11 is 0. The number of aliphatic hydroxyl groups is 1. The zero-order valence-corrected chi connectivity index (χ0v) is 16.3. The molecular weight excluding hydrogens is 360 g/mol. The molecule has 0 radical (unpaired) electrons. The standard InChI is InChI=1S/C20H30N4O4/c25-18(4-8-22-19(26)17-3-1-7-21-15-17)24-9-2-5-20(27,6-10-24)16-23-11-13-28-14-12-23/h1,3,7,15,27H,2,4-6,8-14,16H2,(H,22,26). The molecule has 2 aliphatic heterocycles. The first-order chi connectivity index (χ1) is 13.6. The molecule has 1 aromatic rings. The van der Waals surface area contributed by atoms with Crippen LogP contribution in [-0.2, 0) is 9.53 Å². The summed E-state index contributed by atoms with van der Waals surface area (Å²) in [7, 11) is 0. The van der Waals surface area contributed by atoms with E-state index in [-0.39, 0.29) is 18.2 Å². The van der Waals surface area contributed by atoms with E-state index < -0.39 is 5.60 Å². The third-order valence-electron chi connectivity index (χ3n) is 5.44. The molecule has 8 nitrogen and oxygen atoms in total. The lowest BCUT2D eigenvalue weighted by atomic mass is 9.94. The molecule has 2 fully saturated rings. The lowest BCUT2D eigenvalue weighted by molar-refractivity contribution is -0.131. The number of pyridine rings is 1. The lowest BCUT2D eigenvalue weighted by Crippen LogP contribution is -2.48. The topological polar surface area (TPSA) is 95.0 Å². The van der Waals surface area contributed by atoms with E-state index in [1.165, 1.54) is 6.20 Å². The van der Waals surface area contributed by atoms with Crippen molar-refractivity contribution in [3.8, 4) is 0 Å². The van der Waals surface area contributed by atoms with Crippen molar-refractivity contribution < 1.29 is 19.4 Å². The summed E-state index contributed by atoms with van der Waals surface area (Å²) in [6.07, 6.45) is 5.44. The predicted octanol–water partition coefficient (Wildman–Crippen LogP) is 0.277. The molecule has 28 heavy (non-hydrogen) atoms. The van der Waals surface area contributed by atoms with Crippen LogP contribution in [0.1, 0.15) is 36.0 Å². The SMILES string of the molecule is O=C(NCCC(=O)N1CCCC(O)(CN2CCOCC2)CC1)c1cccnc1. The molecule has 2 saturated heterocycles. The fourth-order valence-electron chi connectivity index (χ4n) is 3.80. The smallest absolute Gasteiger partial charge is 0.252 e. The summed E-state index contributed by atoms with van der Waals surface area (Å²) in [5.74, 6) is -0.209. The van der Waals surface area contributed by atoms with Gasteiger partial charge in [0.2, 0.25) is 5.91 Å². The Labute approximate surface area is 165 Å². The fourth-order valence-corrected chi connectivity index (χ4v) is 3.80. The third-order valence-corrected chi connectivity index (χ3v) is 5.44. The number of hydrogen-bond acceptors (Lipinski definition) is 6. The van der Waals surface area contributed by atoms with Gasteiger partial charge in [-0.05, 0) is 31.4 Å². The van der Waals surface area contributed by atoms with Crippen molar-refractivity contribution in [1.82, 2.24) is 20.1 Å². The molecular formula is C20H30N4O4. The van der Waals surface area contributed by atoms with Crippen LogP contribution in [0.15, 0.2) is 24.5 Å². The van der Waals surface area contributed by atoms with Crippen LogP contribution < -0.4 is 5.32 Å². The number of nitrogens with one attached hydrogen (secondary N) is 1. The number of carbonyl (C=O) groups excluding carboxylic acids is 2. The van der Waals surface area contributed by atoms with Gasteiger partial charge >= 0.3 is 0 Å². The van der Waals surface area contributed by atoms with Crippen LogP contribution in [0.5, 0.6) is 0 Å². The fraction of sp³-hybridized carbons (Fsp3) is 0.650. The lowest BCUT2D eigenvalue weighted by Gasteiger charge is -2.35. The number of carbonyl (C=O) groups is 2. The Bertz CT molecular complexity index is 651. The predicted molar refractivity (Wildman–Crippen MR) is 104 cm³/mol. The first-order valence-corrected chi connectivity index (χ1v) is 10.0. The van der Waals surface area contributed by atoms with Gasteiger partial charge < -0.3 is 20.1 Å². The van der Waals surface area contributed by atoms with E-state index in [1.54, 1.807) is 18.3 Å². The summed E-state index contributed by atoms with van der Waals surface area (Å²) in [5.41, 5.74) is -0.265. The van der Waals surface area contributed by atoms with Gasteiger partial charge in [-0.2, -0.15) is 0 Å². The van der Waals surface area contributed by atoms with Crippen molar-refractivity contribution in [2.24, 2.45) is 0 Å². The maximum absolute atomic E-state index is 12.5. The van der Waals surface area contributed by atoms with E-state index >= 15 is 0 Å². The number of likely N-dealkylation sites (tertiary alicyclic amines) is 1.